The fourth-order valence-corrected chi connectivity index (χ4v) is 3.16. The zero-order chi connectivity index (χ0) is 18.2. The minimum atomic E-state index is -3.26. The third-order valence-corrected chi connectivity index (χ3v) is 4.95. The predicted molar refractivity (Wildman–Crippen MR) is 97.5 cm³/mol. The topological polar surface area (TPSA) is 69.7 Å². The number of aryl methyl sites for hydroxylation is 1. The summed E-state index contributed by atoms with van der Waals surface area (Å²) in [6, 6.07) is 7.80. The van der Waals surface area contributed by atoms with E-state index in [0.29, 0.717) is 26.1 Å². The van der Waals surface area contributed by atoms with E-state index in [1.807, 2.05) is 50.2 Å². The lowest BCUT2D eigenvalue weighted by molar-refractivity contribution is -0.120. The number of carbonyl (C=O) groups is 1. The van der Waals surface area contributed by atoms with Crippen molar-refractivity contribution in [1.29, 1.82) is 0 Å². The largest absolute Gasteiger partial charge is 0.354 e. The van der Waals surface area contributed by atoms with E-state index in [9.17, 15) is 13.2 Å². The van der Waals surface area contributed by atoms with Crippen LogP contribution in [0.15, 0.2) is 24.3 Å². The van der Waals surface area contributed by atoms with Crippen molar-refractivity contribution in [2.45, 2.75) is 19.8 Å². The first-order valence-corrected chi connectivity index (χ1v) is 9.95. The fourth-order valence-electron chi connectivity index (χ4n) is 2.28. The van der Waals surface area contributed by atoms with Gasteiger partial charge in [-0.1, -0.05) is 29.8 Å². The zero-order valence-corrected chi connectivity index (χ0v) is 15.9. The molecule has 24 heavy (non-hydrogen) atoms. The quantitative estimate of drug-likeness (QED) is 0.676. The Morgan fingerprint density at radius 2 is 1.71 bits per heavy atom. The number of hydrogen-bond acceptors (Lipinski definition) is 4. The summed E-state index contributed by atoms with van der Waals surface area (Å²) >= 11 is 0. The van der Waals surface area contributed by atoms with Gasteiger partial charge in [-0.15, -0.1) is 0 Å². The average Bonchev–Trinajstić information content (AvgIpc) is 2.46. The normalized spacial score (nSPS) is 11.9. The molecule has 0 aliphatic heterocycles. The Morgan fingerprint density at radius 1 is 1.08 bits per heavy atom. The van der Waals surface area contributed by atoms with Gasteiger partial charge in [0.1, 0.15) is 0 Å². The van der Waals surface area contributed by atoms with Crippen molar-refractivity contribution in [1.82, 2.24) is 14.5 Å². The van der Waals surface area contributed by atoms with Crippen LogP contribution in [0.5, 0.6) is 0 Å². The molecule has 0 fully saturated rings. The van der Waals surface area contributed by atoms with Crippen molar-refractivity contribution >= 4 is 15.9 Å². The van der Waals surface area contributed by atoms with E-state index in [-0.39, 0.29) is 5.91 Å². The summed E-state index contributed by atoms with van der Waals surface area (Å²) in [6.45, 7) is 3.90. The van der Waals surface area contributed by atoms with E-state index in [1.165, 1.54) is 10.6 Å². The predicted octanol–water partition coefficient (Wildman–Crippen LogP) is 0.867. The standard InChI is InChI=1S/C17H29N3O3S/c1-15-6-8-16(9-7-15)14-17(21)18-10-13-20(24(4,22)23)12-5-11-19(2)3/h6-9H,5,10-14H2,1-4H3,(H,18,21). The third-order valence-electron chi connectivity index (χ3n) is 3.65. The van der Waals surface area contributed by atoms with Crippen LogP contribution >= 0.6 is 0 Å². The molecule has 0 radical (unpaired) electrons. The smallest absolute Gasteiger partial charge is 0.224 e. The Labute approximate surface area is 145 Å². The second kappa shape index (κ2) is 9.76. The van der Waals surface area contributed by atoms with Crippen molar-refractivity contribution in [3.63, 3.8) is 0 Å². The van der Waals surface area contributed by atoms with Crippen molar-refractivity contribution in [2.75, 3.05) is 46.5 Å². The van der Waals surface area contributed by atoms with Gasteiger partial charge in [-0.25, -0.2) is 12.7 Å². The Balaban J connectivity index is 2.40. The summed E-state index contributed by atoms with van der Waals surface area (Å²) in [6.07, 6.45) is 2.27. The maximum atomic E-state index is 11.9. The van der Waals surface area contributed by atoms with Gasteiger partial charge >= 0.3 is 0 Å². The molecule has 7 heteroatoms. The molecule has 0 aliphatic carbocycles. The molecule has 1 amide bonds. The van der Waals surface area contributed by atoms with E-state index in [4.69, 9.17) is 0 Å². The molecule has 0 atom stereocenters. The molecule has 0 saturated heterocycles. The summed E-state index contributed by atoms with van der Waals surface area (Å²) < 4.78 is 25.0. The number of nitrogens with zero attached hydrogens (tertiary/aromatic N) is 2. The maximum absolute atomic E-state index is 11.9. The Morgan fingerprint density at radius 3 is 2.25 bits per heavy atom. The Kier molecular flexibility index (Phi) is 8.38. The van der Waals surface area contributed by atoms with Gasteiger partial charge in [-0.3, -0.25) is 4.79 Å². The van der Waals surface area contributed by atoms with Gasteiger partial charge in [0.15, 0.2) is 0 Å². The summed E-state index contributed by atoms with van der Waals surface area (Å²) in [5.74, 6) is -0.0967. The lowest BCUT2D eigenvalue weighted by Gasteiger charge is -2.21. The molecule has 1 aromatic carbocycles. The van der Waals surface area contributed by atoms with Gasteiger partial charge in [-0.2, -0.15) is 0 Å². The molecule has 0 bridgehead atoms. The molecule has 1 rings (SSSR count). The number of carbonyl (C=O) groups excluding carboxylic acids is 1. The summed E-state index contributed by atoms with van der Waals surface area (Å²) in [5, 5.41) is 2.79. The SMILES string of the molecule is Cc1ccc(CC(=O)NCCN(CCCN(C)C)S(C)(=O)=O)cc1. The minimum absolute atomic E-state index is 0.0967. The molecule has 1 N–H and O–H groups in total. The second-order valence-electron chi connectivity index (χ2n) is 6.33. The van der Waals surface area contributed by atoms with Gasteiger partial charge in [0, 0.05) is 19.6 Å². The van der Waals surface area contributed by atoms with Crippen LogP contribution in [0.1, 0.15) is 17.5 Å². The third kappa shape index (κ3) is 8.42. The van der Waals surface area contributed by atoms with Gasteiger partial charge in [0.05, 0.1) is 12.7 Å². The fraction of sp³-hybridized carbons (Fsp3) is 0.588. The molecule has 0 saturated carbocycles. The first kappa shape index (κ1) is 20.6. The molecule has 0 aliphatic rings. The van der Waals surface area contributed by atoms with Gasteiger partial charge in [0.2, 0.25) is 15.9 Å². The van der Waals surface area contributed by atoms with Crippen molar-refractivity contribution < 1.29 is 13.2 Å². The first-order chi connectivity index (χ1) is 11.2. The Hall–Kier alpha value is -1.44. The van der Waals surface area contributed by atoms with Gasteiger partial charge in [-0.05, 0) is 39.5 Å². The van der Waals surface area contributed by atoms with E-state index < -0.39 is 10.0 Å². The van der Waals surface area contributed by atoms with Crippen LogP contribution in [0.3, 0.4) is 0 Å². The number of amides is 1. The first-order valence-electron chi connectivity index (χ1n) is 8.10. The van der Waals surface area contributed by atoms with Gasteiger partial charge in [0.25, 0.3) is 0 Å². The average molecular weight is 356 g/mol. The summed E-state index contributed by atoms with van der Waals surface area (Å²) in [4.78, 5) is 14.0. The number of nitrogens with one attached hydrogen (secondary N) is 1. The van der Waals surface area contributed by atoms with Crippen LogP contribution in [0.4, 0.5) is 0 Å². The minimum Gasteiger partial charge on any atom is -0.354 e. The maximum Gasteiger partial charge on any atom is 0.224 e. The van der Waals surface area contributed by atoms with E-state index in [2.05, 4.69) is 5.32 Å². The summed E-state index contributed by atoms with van der Waals surface area (Å²) in [7, 11) is 0.648. The molecule has 0 unspecified atom stereocenters. The van der Waals surface area contributed by atoms with Crippen LogP contribution in [0.2, 0.25) is 0 Å². The monoisotopic (exact) mass is 355 g/mol. The number of hydrogen-bond donors (Lipinski definition) is 1. The number of sulfonamides is 1. The van der Waals surface area contributed by atoms with Crippen LogP contribution in [0.25, 0.3) is 0 Å². The van der Waals surface area contributed by atoms with E-state index in [0.717, 1.165) is 24.1 Å². The van der Waals surface area contributed by atoms with E-state index in [1.54, 1.807) is 0 Å². The molecule has 136 valence electrons. The van der Waals surface area contributed by atoms with Crippen molar-refractivity contribution in [3.8, 4) is 0 Å². The molecule has 1 aromatic rings. The highest BCUT2D eigenvalue weighted by molar-refractivity contribution is 7.88. The second-order valence-corrected chi connectivity index (χ2v) is 8.31. The van der Waals surface area contributed by atoms with Crippen molar-refractivity contribution in [3.05, 3.63) is 35.4 Å². The molecule has 6 nitrogen and oxygen atoms in total. The number of benzene rings is 1. The molecule has 0 heterocycles. The molecule has 0 aromatic heterocycles. The molecular formula is C17H29N3O3S. The van der Waals surface area contributed by atoms with Crippen LogP contribution in [0, 0.1) is 6.92 Å². The molecular weight excluding hydrogens is 326 g/mol. The van der Waals surface area contributed by atoms with Crippen molar-refractivity contribution in [2.24, 2.45) is 0 Å². The zero-order valence-electron chi connectivity index (χ0n) is 15.1. The summed E-state index contributed by atoms with van der Waals surface area (Å²) in [5.41, 5.74) is 2.10. The van der Waals surface area contributed by atoms with Crippen LogP contribution < -0.4 is 5.32 Å². The highest BCUT2D eigenvalue weighted by Gasteiger charge is 2.16. The molecule has 0 spiro atoms. The van der Waals surface area contributed by atoms with Crippen LogP contribution in [-0.2, 0) is 21.2 Å². The highest BCUT2D eigenvalue weighted by Crippen LogP contribution is 2.04. The Bertz CT molecular complexity index is 612. The lowest BCUT2D eigenvalue weighted by atomic mass is 10.1. The lowest BCUT2D eigenvalue weighted by Crippen LogP contribution is -2.39. The number of rotatable bonds is 10. The van der Waals surface area contributed by atoms with Crippen LogP contribution in [-0.4, -0.2) is 70.1 Å². The van der Waals surface area contributed by atoms with E-state index >= 15 is 0 Å². The van der Waals surface area contributed by atoms with Gasteiger partial charge < -0.3 is 10.2 Å². The highest BCUT2D eigenvalue weighted by atomic mass is 32.2.